The molecule has 0 fully saturated rings. The number of aromatic nitrogens is 1. The largest absolute Gasteiger partial charge is 0.375 e. The van der Waals surface area contributed by atoms with Crippen molar-refractivity contribution in [2.24, 2.45) is 0 Å². The van der Waals surface area contributed by atoms with Gasteiger partial charge in [-0.1, -0.05) is 43.3 Å². The van der Waals surface area contributed by atoms with E-state index in [0.29, 0.717) is 30.6 Å². The zero-order chi connectivity index (χ0) is 19.0. The Morgan fingerprint density at radius 2 is 1.89 bits per heavy atom. The minimum atomic E-state index is -1.76. The smallest absolute Gasteiger partial charge is 0.264 e. The molecule has 0 spiro atoms. The van der Waals surface area contributed by atoms with Gasteiger partial charge in [0.2, 0.25) is 0 Å². The quantitative estimate of drug-likeness (QED) is 0.706. The fourth-order valence-corrected chi connectivity index (χ4v) is 3.88. The molecule has 0 saturated carbocycles. The highest BCUT2D eigenvalue weighted by atomic mass is 16.3. The molecule has 0 saturated heterocycles. The van der Waals surface area contributed by atoms with Crippen molar-refractivity contribution < 1.29 is 14.7 Å². The maximum absolute atomic E-state index is 13.1. The molecular weight excluding hydrogens is 340 g/mol. The molecule has 1 atom stereocenters. The highest BCUT2D eigenvalue weighted by molar-refractivity contribution is 6.08. The molecule has 138 valence electrons. The molecule has 0 radical (unpaired) electrons. The van der Waals surface area contributed by atoms with Gasteiger partial charge in [-0.3, -0.25) is 9.59 Å². The van der Waals surface area contributed by atoms with Gasteiger partial charge in [0.15, 0.2) is 5.60 Å². The second kappa shape index (κ2) is 6.67. The fourth-order valence-electron chi connectivity index (χ4n) is 3.88. The Morgan fingerprint density at radius 1 is 1.15 bits per heavy atom. The Labute approximate surface area is 157 Å². The summed E-state index contributed by atoms with van der Waals surface area (Å²) in [4.78, 5) is 29.9. The fraction of sp³-hybridized carbons (Fsp3) is 0.273. The summed E-state index contributed by atoms with van der Waals surface area (Å²) in [7, 11) is 0. The van der Waals surface area contributed by atoms with E-state index in [1.54, 1.807) is 24.0 Å². The normalized spacial score (nSPS) is 18.9. The van der Waals surface area contributed by atoms with Crippen molar-refractivity contribution in [2.75, 3.05) is 11.4 Å². The van der Waals surface area contributed by atoms with Gasteiger partial charge in [-0.25, -0.2) is 0 Å². The van der Waals surface area contributed by atoms with Gasteiger partial charge in [0.1, 0.15) is 5.78 Å². The topological polar surface area (TPSA) is 73.4 Å². The number of nitrogens with zero attached hydrogens (tertiary/aromatic N) is 1. The molecule has 5 nitrogen and oxygen atoms in total. The number of nitrogens with one attached hydrogen (secondary N) is 1. The lowest BCUT2D eigenvalue weighted by atomic mass is 9.89. The molecule has 1 aliphatic rings. The van der Waals surface area contributed by atoms with Gasteiger partial charge in [-0.15, -0.1) is 0 Å². The number of carbonyl (C=O) groups excluding carboxylic acids is 2. The number of rotatable bonds is 6. The standard InChI is InChI=1S/C22H22N2O3/c1-2-16(25)13-22(27)18-8-4-6-10-20(18)24(21(22)26)12-11-15-14-23-19-9-5-3-7-17(15)19/h3-10,14,23,27H,2,11-13H2,1H3/t22-/m1/s1. The molecule has 0 aliphatic carbocycles. The number of anilines is 1. The zero-order valence-electron chi connectivity index (χ0n) is 15.2. The summed E-state index contributed by atoms with van der Waals surface area (Å²) in [5.41, 5.74) is 1.63. The summed E-state index contributed by atoms with van der Waals surface area (Å²) >= 11 is 0. The number of aromatic amines is 1. The summed E-state index contributed by atoms with van der Waals surface area (Å²) in [5, 5.41) is 12.2. The van der Waals surface area contributed by atoms with Gasteiger partial charge in [-0.2, -0.15) is 0 Å². The monoisotopic (exact) mass is 362 g/mol. The predicted molar refractivity (Wildman–Crippen MR) is 105 cm³/mol. The lowest BCUT2D eigenvalue weighted by Gasteiger charge is -2.22. The Bertz CT molecular complexity index is 1020. The van der Waals surface area contributed by atoms with E-state index >= 15 is 0 Å². The molecule has 4 rings (SSSR count). The van der Waals surface area contributed by atoms with Crippen LogP contribution in [-0.2, 0) is 21.6 Å². The van der Waals surface area contributed by atoms with Crippen LogP contribution in [0.15, 0.2) is 54.7 Å². The Hall–Kier alpha value is -2.92. The third kappa shape index (κ3) is 2.84. The van der Waals surface area contributed by atoms with E-state index in [-0.39, 0.29) is 12.2 Å². The van der Waals surface area contributed by atoms with E-state index < -0.39 is 11.5 Å². The number of benzene rings is 2. The summed E-state index contributed by atoms with van der Waals surface area (Å²) in [6.07, 6.45) is 2.74. The third-order valence-corrected chi connectivity index (χ3v) is 5.37. The van der Waals surface area contributed by atoms with Gasteiger partial charge < -0.3 is 15.0 Å². The van der Waals surface area contributed by atoms with Gasteiger partial charge >= 0.3 is 0 Å². The van der Waals surface area contributed by atoms with Crippen LogP contribution in [0, 0.1) is 0 Å². The van der Waals surface area contributed by atoms with Gasteiger partial charge in [0.25, 0.3) is 5.91 Å². The van der Waals surface area contributed by atoms with E-state index in [9.17, 15) is 14.7 Å². The van der Waals surface area contributed by atoms with Crippen LogP contribution in [0.25, 0.3) is 10.9 Å². The number of hydrogen-bond donors (Lipinski definition) is 2. The molecule has 1 amide bonds. The SMILES string of the molecule is CCC(=O)C[C@]1(O)C(=O)N(CCc2c[nH]c3ccccc23)c2ccccc21. The number of Topliss-reactive ketones (excluding diaryl/α,β-unsaturated/α-hetero) is 1. The highest BCUT2D eigenvalue weighted by Crippen LogP contribution is 2.42. The molecule has 5 heteroatoms. The summed E-state index contributed by atoms with van der Waals surface area (Å²) in [5.74, 6) is -0.538. The number of fused-ring (bicyclic) bond motifs is 2. The summed E-state index contributed by atoms with van der Waals surface area (Å²) < 4.78 is 0. The van der Waals surface area contributed by atoms with Crippen LogP contribution in [0.1, 0.15) is 30.9 Å². The molecule has 2 aromatic carbocycles. The van der Waals surface area contributed by atoms with Crippen LogP contribution in [0.5, 0.6) is 0 Å². The van der Waals surface area contributed by atoms with Crippen LogP contribution in [0.4, 0.5) is 5.69 Å². The molecule has 0 unspecified atom stereocenters. The third-order valence-electron chi connectivity index (χ3n) is 5.37. The van der Waals surface area contributed by atoms with E-state index in [0.717, 1.165) is 16.5 Å². The number of ketones is 1. The molecule has 27 heavy (non-hydrogen) atoms. The van der Waals surface area contributed by atoms with Crippen molar-refractivity contribution in [3.8, 4) is 0 Å². The van der Waals surface area contributed by atoms with Crippen molar-refractivity contribution in [3.05, 3.63) is 65.9 Å². The number of hydrogen-bond acceptors (Lipinski definition) is 3. The molecule has 3 aromatic rings. The van der Waals surface area contributed by atoms with E-state index in [1.165, 1.54) is 0 Å². The Balaban J connectivity index is 1.63. The second-order valence-corrected chi connectivity index (χ2v) is 7.01. The van der Waals surface area contributed by atoms with Crippen molar-refractivity contribution in [1.29, 1.82) is 0 Å². The predicted octanol–water partition coefficient (Wildman–Crippen LogP) is 3.31. The minimum Gasteiger partial charge on any atom is -0.375 e. The molecular formula is C22H22N2O3. The summed E-state index contributed by atoms with van der Waals surface area (Å²) in [6, 6.07) is 15.2. The van der Waals surface area contributed by atoms with E-state index in [4.69, 9.17) is 0 Å². The van der Waals surface area contributed by atoms with E-state index in [2.05, 4.69) is 11.1 Å². The van der Waals surface area contributed by atoms with Crippen molar-refractivity contribution in [3.63, 3.8) is 0 Å². The number of amides is 1. The lowest BCUT2D eigenvalue weighted by molar-refractivity contribution is -0.141. The average molecular weight is 362 g/mol. The minimum absolute atomic E-state index is 0.126. The van der Waals surface area contributed by atoms with Gasteiger partial charge in [0, 0.05) is 42.0 Å². The number of para-hydroxylation sites is 2. The maximum Gasteiger partial charge on any atom is 0.264 e. The molecule has 2 N–H and O–H groups in total. The number of aliphatic hydroxyl groups is 1. The average Bonchev–Trinajstić information content (AvgIpc) is 3.19. The van der Waals surface area contributed by atoms with Gasteiger partial charge in [-0.05, 0) is 24.1 Å². The lowest BCUT2D eigenvalue weighted by Crippen LogP contribution is -2.42. The van der Waals surface area contributed by atoms with Crippen LogP contribution >= 0.6 is 0 Å². The van der Waals surface area contributed by atoms with Crippen LogP contribution in [0.3, 0.4) is 0 Å². The van der Waals surface area contributed by atoms with Crippen LogP contribution in [-0.4, -0.2) is 28.3 Å². The number of carbonyl (C=O) groups is 2. The van der Waals surface area contributed by atoms with Crippen LogP contribution < -0.4 is 4.90 Å². The maximum atomic E-state index is 13.1. The second-order valence-electron chi connectivity index (χ2n) is 7.01. The van der Waals surface area contributed by atoms with Crippen molar-refractivity contribution in [1.82, 2.24) is 4.98 Å². The Kier molecular flexibility index (Phi) is 4.32. The first-order valence-corrected chi connectivity index (χ1v) is 9.25. The van der Waals surface area contributed by atoms with E-state index in [1.807, 2.05) is 36.5 Å². The number of H-pyrrole nitrogens is 1. The molecule has 1 aliphatic heterocycles. The zero-order valence-corrected chi connectivity index (χ0v) is 15.2. The first kappa shape index (κ1) is 17.5. The first-order chi connectivity index (χ1) is 13.0. The molecule has 2 heterocycles. The molecule has 1 aromatic heterocycles. The first-order valence-electron chi connectivity index (χ1n) is 9.25. The van der Waals surface area contributed by atoms with Crippen molar-refractivity contribution in [2.45, 2.75) is 31.8 Å². The Morgan fingerprint density at radius 3 is 2.70 bits per heavy atom. The summed E-state index contributed by atoms with van der Waals surface area (Å²) in [6.45, 7) is 2.19. The van der Waals surface area contributed by atoms with Crippen molar-refractivity contribution >= 4 is 28.3 Å². The van der Waals surface area contributed by atoms with Crippen LogP contribution in [0.2, 0.25) is 0 Å². The highest BCUT2D eigenvalue weighted by Gasteiger charge is 2.50. The van der Waals surface area contributed by atoms with Gasteiger partial charge in [0.05, 0.1) is 5.69 Å². The molecule has 0 bridgehead atoms.